The average Bonchev–Trinajstić information content (AvgIpc) is 3.49. The lowest BCUT2D eigenvalue weighted by molar-refractivity contribution is -0.116. The number of nitrogens with one attached hydrogen (secondary N) is 2. The second-order valence-corrected chi connectivity index (χ2v) is 9.14. The van der Waals surface area contributed by atoms with E-state index >= 15 is 0 Å². The van der Waals surface area contributed by atoms with Crippen molar-refractivity contribution in [3.8, 4) is 11.4 Å². The maximum Gasteiger partial charge on any atom is 0.226 e. The number of anilines is 1. The highest BCUT2D eigenvalue weighted by Crippen LogP contribution is 2.39. The van der Waals surface area contributed by atoms with Gasteiger partial charge >= 0.3 is 0 Å². The van der Waals surface area contributed by atoms with Gasteiger partial charge in [-0.15, -0.1) is 0 Å². The number of hydrogen-bond donors (Lipinski definition) is 3. The van der Waals surface area contributed by atoms with Crippen molar-refractivity contribution in [3.05, 3.63) is 108 Å². The summed E-state index contributed by atoms with van der Waals surface area (Å²) in [4.78, 5) is 19.5. The maximum atomic E-state index is 12.9. The molecule has 0 aliphatic carbocycles. The maximum absolute atomic E-state index is 12.9. The fourth-order valence-electron chi connectivity index (χ4n) is 4.60. The molecule has 7 nitrogen and oxygen atoms in total. The topological polar surface area (TPSA) is 82.4 Å². The minimum Gasteiger partial charge on any atom is -0.508 e. The van der Waals surface area contributed by atoms with Crippen LogP contribution in [0.4, 0.5) is 5.69 Å². The Balaban J connectivity index is 1.44. The molecule has 1 saturated heterocycles. The van der Waals surface area contributed by atoms with Gasteiger partial charge in [-0.05, 0) is 79.3 Å². The number of para-hydroxylation sites is 1. The van der Waals surface area contributed by atoms with Crippen LogP contribution in [-0.4, -0.2) is 37.1 Å². The summed E-state index contributed by atoms with van der Waals surface area (Å²) in [5.41, 5.74) is 4.62. The Labute approximate surface area is 215 Å². The molecule has 1 aliphatic heterocycles. The van der Waals surface area contributed by atoms with E-state index in [1.165, 1.54) is 0 Å². The second-order valence-electron chi connectivity index (χ2n) is 8.75. The van der Waals surface area contributed by atoms with Crippen molar-refractivity contribution in [1.82, 2.24) is 19.8 Å². The van der Waals surface area contributed by atoms with Gasteiger partial charge in [0.2, 0.25) is 5.91 Å². The number of aromatic nitrogens is 2. The summed E-state index contributed by atoms with van der Waals surface area (Å²) in [6, 6.07) is 24.3. The van der Waals surface area contributed by atoms with E-state index in [2.05, 4.69) is 31.2 Å². The van der Waals surface area contributed by atoms with Crippen LogP contribution in [0, 0.1) is 6.92 Å². The molecule has 182 valence electrons. The fourth-order valence-corrected chi connectivity index (χ4v) is 4.93. The van der Waals surface area contributed by atoms with Crippen LogP contribution in [0.1, 0.15) is 35.5 Å². The number of aromatic hydroxyl groups is 1. The standard InChI is InChI=1S/C28H27N5O2S/c1-19-7-2-3-8-22(19)30-25(35)15-18-33-27(26(31-28(33)36)23-9-4-5-16-29-23)24-10-6-17-32(24)20-11-13-21(34)14-12-20/h2-14,16-17,26-27,34H,15,18H2,1H3,(H,30,35)(H,31,36)/t26-,27+/m0/s1. The first-order valence-electron chi connectivity index (χ1n) is 11.8. The number of pyridine rings is 1. The lowest BCUT2D eigenvalue weighted by Crippen LogP contribution is -2.33. The van der Waals surface area contributed by atoms with Gasteiger partial charge in [0.25, 0.3) is 0 Å². The molecule has 2 aromatic heterocycles. The summed E-state index contributed by atoms with van der Waals surface area (Å²) in [7, 11) is 0. The van der Waals surface area contributed by atoms with Crippen LogP contribution in [-0.2, 0) is 4.79 Å². The Hall–Kier alpha value is -4.17. The van der Waals surface area contributed by atoms with Gasteiger partial charge in [0, 0.05) is 42.4 Å². The average molecular weight is 498 g/mol. The highest BCUT2D eigenvalue weighted by Gasteiger charge is 2.41. The lowest BCUT2D eigenvalue weighted by Gasteiger charge is -2.29. The van der Waals surface area contributed by atoms with Crippen LogP contribution < -0.4 is 10.6 Å². The van der Waals surface area contributed by atoms with Gasteiger partial charge in [-0.2, -0.15) is 0 Å². The van der Waals surface area contributed by atoms with Crippen LogP contribution in [0.15, 0.2) is 91.3 Å². The molecule has 1 amide bonds. The Morgan fingerprint density at radius 2 is 1.83 bits per heavy atom. The molecule has 3 N–H and O–H groups in total. The van der Waals surface area contributed by atoms with Crippen molar-refractivity contribution in [2.24, 2.45) is 0 Å². The highest BCUT2D eigenvalue weighted by molar-refractivity contribution is 7.80. The smallest absolute Gasteiger partial charge is 0.226 e. The molecular weight excluding hydrogens is 470 g/mol. The third-order valence-corrected chi connectivity index (χ3v) is 6.76. The summed E-state index contributed by atoms with van der Waals surface area (Å²) in [6.45, 7) is 2.42. The van der Waals surface area contributed by atoms with Gasteiger partial charge in [0.15, 0.2) is 5.11 Å². The summed E-state index contributed by atoms with van der Waals surface area (Å²) < 4.78 is 2.08. The fraction of sp³-hybridized carbons (Fsp3) is 0.179. The van der Waals surface area contributed by atoms with E-state index in [9.17, 15) is 9.90 Å². The molecule has 0 unspecified atom stereocenters. The van der Waals surface area contributed by atoms with Gasteiger partial charge in [-0.1, -0.05) is 24.3 Å². The molecule has 3 heterocycles. The quantitative estimate of drug-likeness (QED) is 0.316. The van der Waals surface area contributed by atoms with Crippen molar-refractivity contribution < 1.29 is 9.90 Å². The molecule has 5 rings (SSSR count). The van der Waals surface area contributed by atoms with Gasteiger partial charge in [0.1, 0.15) is 5.75 Å². The molecule has 36 heavy (non-hydrogen) atoms. The summed E-state index contributed by atoms with van der Waals surface area (Å²) >= 11 is 5.76. The SMILES string of the molecule is Cc1ccccc1NC(=O)CCN1C(=S)N[C@@H](c2ccccn2)[C@H]1c1cccn1-c1ccc(O)cc1. The third kappa shape index (κ3) is 4.81. The molecule has 8 heteroatoms. The van der Waals surface area contributed by atoms with E-state index < -0.39 is 0 Å². The molecule has 0 bridgehead atoms. The molecule has 0 radical (unpaired) electrons. The van der Waals surface area contributed by atoms with E-state index in [0.29, 0.717) is 11.7 Å². The predicted octanol–water partition coefficient (Wildman–Crippen LogP) is 4.89. The zero-order valence-corrected chi connectivity index (χ0v) is 20.7. The first kappa shape index (κ1) is 23.6. The Bertz CT molecular complexity index is 1370. The number of carbonyl (C=O) groups is 1. The minimum atomic E-state index is -0.192. The number of rotatable bonds is 7. The number of amides is 1. The van der Waals surface area contributed by atoms with Crippen LogP contribution >= 0.6 is 12.2 Å². The third-order valence-electron chi connectivity index (χ3n) is 6.41. The summed E-state index contributed by atoms with van der Waals surface area (Å²) in [5.74, 6) is 0.143. The first-order valence-corrected chi connectivity index (χ1v) is 12.2. The van der Waals surface area contributed by atoms with Gasteiger partial charge in [-0.25, -0.2) is 0 Å². The van der Waals surface area contributed by atoms with Crippen LogP contribution in [0.3, 0.4) is 0 Å². The van der Waals surface area contributed by atoms with E-state index in [4.69, 9.17) is 12.2 Å². The molecule has 0 saturated carbocycles. The number of benzene rings is 2. The first-order chi connectivity index (χ1) is 17.5. The monoisotopic (exact) mass is 497 g/mol. The van der Waals surface area contributed by atoms with Crippen molar-refractivity contribution in [1.29, 1.82) is 0 Å². The molecule has 1 aliphatic rings. The minimum absolute atomic E-state index is 0.0685. The van der Waals surface area contributed by atoms with Crippen molar-refractivity contribution in [2.45, 2.75) is 25.4 Å². The Morgan fingerprint density at radius 1 is 1.06 bits per heavy atom. The normalized spacial score (nSPS) is 17.1. The zero-order valence-electron chi connectivity index (χ0n) is 19.8. The van der Waals surface area contributed by atoms with E-state index in [1.807, 2.05) is 73.8 Å². The molecular formula is C28H27N5O2S. The van der Waals surface area contributed by atoms with Crippen LogP contribution in [0.25, 0.3) is 5.69 Å². The number of nitrogens with zero attached hydrogens (tertiary/aromatic N) is 3. The number of aryl methyl sites for hydroxylation is 1. The molecule has 4 aromatic rings. The predicted molar refractivity (Wildman–Crippen MR) is 144 cm³/mol. The van der Waals surface area contributed by atoms with E-state index in [1.54, 1.807) is 18.3 Å². The molecule has 0 spiro atoms. The lowest BCUT2D eigenvalue weighted by atomic mass is 10.0. The van der Waals surface area contributed by atoms with Crippen molar-refractivity contribution in [2.75, 3.05) is 11.9 Å². The highest BCUT2D eigenvalue weighted by atomic mass is 32.1. The number of phenolic OH excluding ortho intramolecular Hbond substituents is 1. The Morgan fingerprint density at radius 3 is 2.58 bits per heavy atom. The van der Waals surface area contributed by atoms with E-state index in [0.717, 1.165) is 28.3 Å². The molecule has 2 aromatic carbocycles. The molecule has 1 fully saturated rings. The number of hydrogen-bond acceptors (Lipinski definition) is 4. The second kappa shape index (κ2) is 10.2. The van der Waals surface area contributed by atoms with Crippen molar-refractivity contribution in [3.63, 3.8) is 0 Å². The van der Waals surface area contributed by atoms with Crippen molar-refractivity contribution >= 4 is 28.9 Å². The van der Waals surface area contributed by atoms with Crippen LogP contribution in [0.2, 0.25) is 0 Å². The Kier molecular flexibility index (Phi) is 6.69. The molecule has 2 atom stereocenters. The van der Waals surface area contributed by atoms with Gasteiger partial charge in [-0.3, -0.25) is 9.78 Å². The number of carbonyl (C=O) groups excluding carboxylic acids is 1. The number of phenols is 1. The van der Waals surface area contributed by atoms with Gasteiger partial charge in [0.05, 0.1) is 17.8 Å². The summed E-state index contributed by atoms with van der Waals surface area (Å²) in [6.07, 6.45) is 4.04. The largest absolute Gasteiger partial charge is 0.508 e. The summed E-state index contributed by atoms with van der Waals surface area (Å²) in [5, 5.41) is 16.8. The number of thiocarbonyl (C=S) groups is 1. The van der Waals surface area contributed by atoms with Gasteiger partial charge < -0.3 is 25.2 Å². The zero-order chi connectivity index (χ0) is 25.1. The van der Waals surface area contributed by atoms with Crippen LogP contribution in [0.5, 0.6) is 5.75 Å². The van der Waals surface area contributed by atoms with E-state index in [-0.39, 0.29) is 30.2 Å².